The van der Waals surface area contributed by atoms with E-state index >= 15 is 0 Å². The van der Waals surface area contributed by atoms with Crippen LogP contribution in [0, 0.1) is 51.8 Å². The predicted octanol–water partition coefficient (Wildman–Crippen LogP) is 7.40. The molecule has 0 aromatic heterocycles. The van der Waals surface area contributed by atoms with Crippen molar-refractivity contribution < 1.29 is 59.8 Å². The lowest BCUT2D eigenvalue weighted by molar-refractivity contribution is -0.279. The Kier molecular flexibility index (Phi) is 11.3. The second-order valence-electron chi connectivity index (χ2n) is 19.0. The number of ether oxygens (including phenoxy) is 5. The maximum absolute atomic E-state index is 14.3. The lowest BCUT2D eigenvalue weighted by atomic mass is 9.58. The fourth-order valence-electron chi connectivity index (χ4n) is 12.4. The van der Waals surface area contributed by atoms with E-state index in [1.807, 2.05) is 0 Å². The maximum Gasteiger partial charge on any atom is 0.465 e. The number of hydrogen-bond acceptors (Lipinski definition) is 10. The van der Waals surface area contributed by atoms with Gasteiger partial charge in [0, 0.05) is 5.92 Å². The van der Waals surface area contributed by atoms with Gasteiger partial charge in [0.1, 0.15) is 18.8 Å². The van der Waals surface area contributed by atoms with Crippen molar-refractivity contribution in [1.29, 1.82) is 0 Å². The Morgan fingerprint density at radius 1 is 0.778 bits per heavy atom. The molecular formula is C40H60F2O11S. The number of carbonyl (C=O) groups is 3. The smallest absolute Gasteiger partial charge is 0.464 e. The van der Waals surface area contributed by atoms with Gasteiger partial charge in [-0.2, -0.15) is 17.2 Å². The first kappa shape index (κ1) is 40.3. The maximum atomic E-state index is 14.3. The Hall–Kier alpha value is -1.90. The monoisotopic (exact) mass is 786 g/mol. The topological polar surface area (TPSA) is 152 Å². The first-order valence-corrected chi connectivity index (χ1v) is 22.1. The van der Waals surface area contributed by atoms with Crippen molar-refractivity contribution in [2.75, 3.05) is 26.4 Å². The average Bonchev–Trinajstić information content (AvgIpc) is 3.12. The summed E-state index contributed by atoms with van der Waals surface area (Å²) in [4.78, 5) is 40.4. The van der Waals surface area contributed by atoms with Crippen LogP contribution in [0.3, 0.4) is 0 Å². The largest absolute Gasteiger partial charge is 0.465 e. The predicted molar refractivity (Wildman–Crippen MR) is 190 cm³/mol. The highest BCUT2D eigenvalue weighted by Crippen LogP contribution is 2.55. The molecule has 7 rings (SSSR count). The third kappa shape index (κ3) is 7.84. The van der Waals surface area contributed by atoms with Crippen LogP contribution in [0.2, 0.25) is 0 Å². The van der Waals surface area contributed by atoms with Gasteiger partial charge in [0.2, 0.25) is 0 Å². The first-order chi connectivity index (χ1) is 25.5. The Labute approximate surface area is 318 Å². The highest BCUT2D eigenvalue weighted by atomic mass is 32.2. The molecule has 0 spiro atoms. The van der Waals surface area contributed by atoms with E-state index in [-0.39, 0.29) is 63.0 Å². The second kappa shape index (κ2) is 15.1. The molecule has 7 aliphatic rings. The molecule has 6 saturated carbocycles. The normalized spacial score (nSPS) is 42.4. The zero-order valence-electron chi connectivity index (χ0n) is 32.0. The summed E-state index contributed by atoms with van der Waals surface area (Å²) < 4.78 is 90.7. The minimum atomic E-state index is -6.01. The Bertz CT molecular complexity index is 1530. The molecule has 54 heavy (non-hydrogen) atoms. The lowest BCUT2D eigenvalue weighted by Crippen LogP contribution is -2.55. The molecule has 1 N–H and O–H groups in total. The molecule has 11 nitrogen and oxygen atoms in total. The molecule has 9 atom stereocenters. The second-order valence-corrected chi connectivity index (χ2v) is 20.5. The van der Waals surface area contributed by atoms with Gasteiger partial charge in [-0.3, -0.25) is 14.1 Å². The Morgan fingerprint density at radius 2 is 1.41 bits per heavy atom. The minimum Gasteiger partial charge on any atom is -0.464 e. The molecule has 0 radical (unpaired) electrons. The van der Waals surface area contributed by atoms with Gasteiger partial charge in [0.25, 0.3) is 0 Å². The third-order valence-electron chi connectivity index (χ3n) is 14.9. The summed E-state index contributed by atoms with van der Waals surface area (Å²) in [5.74, 6) is -0.943. The zero-order valence-corrected chi connectivity index (χ0v) is 32.8. The van der Waals surface area contributed by atoms with Crippen molar-refractivity contribution in [3.05, 3.63) is 0 Å². The fourth-order valence-corrected chi connectivity index (χ4v) is 12.6. The van der Waals surface area contributed by atoms with Crippen LogP contribution in [-0.2, 0) is 48.2 Å². The van der Waals surface area contributed by atoms with Crippen molar-refractivity contribution in [1.82, 2.24) is 0 Å². The van der Waals surface area contributed by atoms with Crippen LogP contribution in [0.4, 0.5) is 8.78 Å². The van der Waals surface area contributed by atoms with Gasteiger partial charge in [-0.05, 0) is 113 Å². The van der Waals surface area contributed by atoms with Crippen LogP contribution in [0.25, 0.3) is 0 Å². The molecule has 7 fully saturated rings. The van der Waals surface area contributed by atoms with Crippen molar-refractivity contribution in [2.24, 2.45) is 51.8 Å². The standard InChI is InChI=1S/C40H60F2O11S/c1-3-29-10-14-37(11-6-9-30(29)20-37)33(43)51-24-36(25-52-34(44)38-12-4-7-27(18-38)15-26(2)17-38)22-49-32(50-23-36)31-16-28-8-5-13-39(19-28,21-31)53-35(45)40(41,42)54(46,47)48/h26-32H,3-25H2,1-2H3,(H,46,47,48). The van der Waals surface area contributed by atoms with Crippen LogP contribution < -0.4 is 0 Å². The molecule has 0 aromatic carbocycles. The minimum absolute atomic E-state index is 0.00304. The van der Waals surface area contributed by atoms with E-state index in [1.54, 1.807) is 0 Å². The van der Waals surface area contributed by atoms with Gasteiger partial charge in [-0.15, -0.1) is 0 Å². The number of carbonyl (C=O) groups excluding carboxylic acids is 3. The summed E-state index contributed by atoms with van der Waals surface area (Å²) in [7, 11) is -6.01. The Morgan fingerprint density at radius 3 is 2.09 bits per heavy atom. The van der Waals surface area contributed by atoms with Gasteiger partial charge < -0.3 is 23.7 Å². The van der Waals surface area contributed by atoms with Crippen molar-refractivity contribution in [3.63, 3.8) is 0 Å². The first-order valence-electron chi connectivity index (χ1n) is 20.7. The highest BCUT2D eigenvalue weighted by molar-refractivity contribution is 7.87. The van der Waals surface area contributed by atoms with Crippen molar-refractivity contribution in [2.45, 2.75) is 153 Å². The number of esters is 3. The van der Waals surface area contributed by atoms with Gasteiger partial charge >= 0.3 is 33.3 Å². The summed E-state index contributed by atoms with van der Waals surface area (Å²) in [6.45, 7) is 4.47. The number of alkyl halides is 2. The van der Waals surface area contributed by atoms with E-state index in [4.69, 9.17) is 28.2 Å². The fraction of sp³-hybridized carbons (Fsp3) is 0.925. The highest BCUT2D eigenvalue weighted by Gasteiger charge is 2.59. The molecule has 0 aromatic rings. The van der Waals surface area contributed by atoms with Crippen molar-refractivity contribution in [3.8, 4) is 0 Å². The van der Waals surface area contributed by atoms with E-state index in [0.29, 0.717) is 42.9 Å². The van der Waals surface area contributed by atoms with Crippen LogP contribution >= 0.6 is 0 Å². The molecule has 9 unspecified atom stereocenters. The number of halogens is 2. The molecular weight excluding hydrogens is 726 g/mol. The molecule has 0 amide bonds. The summed E-state index contributed by atoms with van der Waals surface area (Å²) in [5.41, 5.74) is -3.34. The van der Waals surface area contributed by atoms with Crippen molar-refractivity contribution >= 4 is 28.0 Å². The molecule has 306 valence electrons. The Balaban J connectivity index is 1.05. The number of fused-ring (bicyclic) bond motifs is 6. The summed E-state index contributed by atoms with van der Waals surface area (Å²) in [6, 6.07) is 0. The van der Waals surface area contributed by atoms with Gasteiger partial charge in [0.05, 0.1) is 29.5 Å². The van der Waals surface area contributed by atoms with Crippen LogP contribution in [0.1, 0.15) is 136 Å². The van der Waals surface area contributed by atoms with Crippen LogP contribution in [0.15, 0.2) is 0 Å². The lowest BCUT2D eigenvalue weighted by Gasteiger charge is -2.50. The zero-order chi connectivity index (χ0) is 38.6. The number of hydrogen-bond donors (Lipinski definition) is 1. The quantitative estimate of drug-likeness (QED) is 0.127. The molecule has 1 aliphatic heterocycles. The van der Waals surface area contributed by atoms with E-state index in [2.05, 4.69) is 13.8 Å². The molecule has 1 heterocycles. The van der Waals surface area contributed by atoms with Crippen LogP contribution in [-0.4, -0.2) is 74.5 Å². The van der Waals surface area contributed by atoms with Gasteiger partial charge in [0.15, 0.2) is 6.29 Å². The molecule has 6 aliphatic carbocycles. The number of rotatable bonds is 11. The van der Waals surface area contributed by atoms with E-state index < -0.39 is 49.5 Å². The van der Waals surface area contributed by atoms with Gasteiger partial charge in [-0.1, -0.05) is 52.4 Å². The summed E-state index contributed by atoms with van der Waals surface area (Å²) in [6.07, 6.45) is 14.3. The SMILES string of the molecule is CCC1CCC2(C(=O)OCC3(COC(=O)C45CCCC(CC(C)C4)C5)COC(C4CC5CCCC(OC(=O)C(F)(F)S(=O)(=O)O)(C5)C4)OC3)CCCC1C2. The van der Waals surface area contributed by atoms with Crippen LogP contribution in [0.5, 0.6) is 0 Å². The molecule has 1 saturated heterocycles. The summed E-state index contributed by atoms with van der Waals surface area (Å²) in [5, 5.41) is -5.09. The molecule has 14 heteroatoms. The van der Waals surface area contributed by atoms with E-state index in [9.17, 15) is 31.6 Å². The summed E-state index contributed by atoms with van der Waals surface area (Å²) >= 11 is 0. The van der Waals surface area contributed by atoms with Gasteiger partial charge in [-0.25, -0.2) is 4.79 Å². The van der Waals surface area contributed by atoms with E-state index in [1.165, 1.54) is 0 Å². The average molecular weight is 787 g/mol. The van der Waals surface area contributed by atoms with E-state index in [0.717, 1.165) is 89.9 Å². The third-order valence-corrected chi connectivity index (χ3v) is 15.7. The molecule has 6 bridgehead atoms.